The summed E-state index contributed by atoms with van der Waals surface area (Å²) in [5, 5.41) is 18.8. The Bertz CT molecular complexity index is 609. The number of hydrogen-bond acceptors (Lipinski definition) is 3. The second-order valence-corrected chi connectivity index (χ2v) is 4.72. The second-order valence-electron chi connectivity index (χ2n) is 4.72. The summed E-state index contributed by atoms with van der Waals surface area (Å²) in [5.41, 5.74) is 1.56. The van der Waals surface area contributed by atoms with Crippen molar-refractivity contribution in [2.75, 3.05) is 0 Å². The van der Waals surface area contributed by atoms with Crippen LogP contribution in [-0.4, -0.2) is 10.2 Å². The summed E-state index contributed by atoms with van der Waals surface area (Å²) < 4.78 is 19.3. The van der Waals surface area contributed by atoms with E-state index in [4.69, 9.17) is 9.84 Å². The fourth-order valence-corrected chi connectivity index (χ4v) is 1.92. The van der Waals surface area contributed by atoms with E-state index in [2.05, 4.69) is 0 Å². The monoisotopic (exact) mass is 276 g/mol. The molecule has 1 atom stereocenters. The molecule has 0 aromatic heterocycles. The number of halogens is 1. The molecule has 0 heterocycles. The smallest absolute Gasteiger partial charge is 0.133 e. The van der Waals surface area contributed by atoms with Gasteiger partial charge < -0.3 is 14.9 Å². The standard InChI is InChI=1S/C16H17FO3/c1-10-6-16(14(11(2)19)8-15(10)17)20-13-5-3-4-12(7-13)9-18/h3-8,11,18-19H,9H2,1-2H3/t11-/m1/s1. The minimum atomic E-state index is -0.832. The van der Waals surface area contributed by atoms with E-state index < -0.39 is 6.10 Å². The number of aliphatic hydroxyl groups excluding tert-OH is 2. The molecule has 2 aromatic carbocycles. The van der Waals surface area contributed by atoms with Gasteiger partial charge >= 0.3 is 0 Å². The second kappa shape index (κ2) is 6.03. The van der Waals surface area contributed by atoms with Gasteiger partial charge in [0.2, 0.25) is 0 Å². The third-order valence-corrected chi connectivity index (χ3v) is 3.05. The van der Waals surface area contributed by atoms with Crippen molar-refractivity contribution in [3.05, 3.63) is 58.9 Å². The Balaban J connectivity index is 2.39. The number of rotatable bonds is 4. The zero-order valence-electron chi connectivity index (χ0n) is 11.4. The zero-order chi connectivity index (χ0) is 14.7. The summed E-state index contributed by atoms with van der Waals surface area (Å²) in [4.78, 5) is 0. The summed E-state index contributed by atoms with van der Waals surface area (Å²) in [6.07, 6.45) is -0.832. The van der Waals surface area contributed by atoms with Gasteiger partial charge in [-0.2, -0.15) is 0 Å². The molecule has 4 heteroatoms. The first kappa shape index (κ1) is 14.5. The highest BCUT2D eigenvalue weighted by atomic mass is 19.1. The van der Waals surface area contributed by atoms with Crippen LogP contribution in [0.4, 0.5) is 4.39 Å². The molecule has 0 aliphatic rings. The maximum absolute atomic E-state index is 13.6. The summed E-state index contributed by atoms with van der Waals surface area (Å²) in [6, 6.07) is 9.82. The van der Waals surface area contributed by atoms with Crippen molar-refractivity contribution in [2.24, 2.45) is 0 Å². The van der Waals surface area contributed by atoms with Gasteiger partial charge in [-0.3, -0.25) is 0 Å². The zero-order valence-corrected chi connectivity index (χ0v) is 11.4. The molecule has 2 N–H and O–H groups in total. The van der Waals surface area contributed by atoms with Gasteiger partial charge in [-0.25, -0.2) is 4.39 Å². The Labute approximate surface area is 117 Å². The third-order valence-electron chi connectivity index (χ3n) is 3.05. The van der Waals surface area contributed by atoms with E-state index in [1.165, 1.54) is 6.07 Å². The van der Waals surface area contributed by atoms with Crippen LogP contribution in [0.5, 0.6) is 11.5 Å². The minimum absolute atomic E-state index is 0.0805. The summed E-state index contributed by atoms with van der Waals surface area (Å²) in [6.45, 7) is 3.11. The van der Waals surface area contributed by atoms with E-state index in [1.807, 2.05) is 0 Å². The molecular weight excluding hydrogens is 259 g/mol. The van der Waals surface area contributed by atoms with Crippen LogP contribution in [0.25, 0.3) is 0 Å². The Morgan fingerprint density at radius 1 is 1.25 bits per heavy atom. The Hall–Kier alpha value is -1.91. The molecule has 2 rings (SSSR count). The Morgan fingerprint density at radius 3 is 2.65 bits per heavy atom. The highest BCUT2D eigenvalue weighted by molar-refractivity contribution is 5.42. The number of ether oxygens (including phenoxy) is 1. The van der Waals surface area contributed by atoms with E-state index >= 15 is 0 Å². The van der Waals surface area contributed by atoms with E-state index in [0.29, 0.717) is 22.6 Å². The van der Waals surface area contributed by atoms with Gasteiger partial charge in [0, 0.05) is 5.56 Å². The van der Waals surface area contributed by atoms with Crippen molar-refractivity contribution in [3.8, 4) is 11.5 Å². The van der Waals surface area contributed by atoms with Gasteiger partial charge in [0.15, 0.2) is 0 Å². The Morgan fingerprint density at radius 2 is 2.00 bits per heavy atom. The van der Waals surface area contributed by atoms with Crippen LogP contribution in [0.15, 0.2) is 36.4 Å². The number of hydrogen-bond donors (Lipinski definition) is 2. The van der Waals surface area contributed by atoms with Crippen LogP contribution in [0.1, 0.15) is 29.7 Å². The van der Waals surface area contributed by atoms with Crippen molar-refractivity contribution in [3.63, 3.8) is 0 Å². The first-order chi connectivity index (χ1) is 9.51. The van der Waals surface area contributed by atoms with Crippen molar-refractivity contribution in [2.45, 2.75) is 26.6 Å². The first-order valence-corrected chi connectivity index (χ1v) is 6.37. The highest BCUT2D eigenvalue weighted by Crippen LogP contribution is 2.32. The van der Waals surface area contributed by atoms with Crippen molar-refractivity contribution in [1.82, 2.24) is 0 Å². The summed E-state index contributed by atoms with van der Waals surface area (Å²) >= 11 is 0. The quantitative estimate of drug-likeness (QED) is 0.899. The van der Waals surface area contributed by atoms with Gasteiger partial charge in [-0.15, -0.1) is 0 Å². The molecule has 0 saturated heterocycles. The van der Waals surface area contributed by atoms with Crippen molar-refractivity contribution in [1.29, 1.82) is 0 Å². The van der Waals surface area contributed by atoms with Crippen LogP contribution in [0.3, 0.4) is 0 Å². The maximum Gasteiger partial charge on any atom is 0.133 e. The molecule has 106 valence electrons. The van der Waals surface area contributed by atoms with Crippen LogP contribution in [0.2, 0.25) is 0 Å². The largest absolute Gasteiger partial charge is 0.457 e. The van der Waals surface area contributed by atoms with Gasteiger partial charge in [-0.1, -0.05) is 12.1 Å². The third kappa shape index (κ3) is 3.15. The molecule has 3 nitrogen and oxygen atoms in total. The molecule has 20 heavy (non-hydrogen) atoms. The predicted octanol–water partition coefficient (Wildman–Crippen LogP) is 3.47. The minimum Gasteiger partial charge on any atom is -0.457 e. The van der Waals surface area contributed by atoms with Gasteiger partial charge in [-0.05, 0) is 49.2 Å². The first-order valence-electron chi connectivity index (χ1n) is 6.37. The van der Waals surface area contributed by atoms with Gasteiger partial charge in [0.05, 0.1) is 12.7 Å². The number of benzene rings is 2. The normalized spacial score (nSPS) is 12.2. The van der Waals surface area contributed by atoms with Gasteiger partial charge in [0.25, 0.3) is 0 Å². The number of aliphatic hydroxyl groups is 2. The van der Waals surface area contributed by atoms with Crippen molar-refractivity contribution >= 4 is 0 Å². The van der Waals surface area contributed by atoms with Crippen LogP contribution >= 0.6 is 0 Å². The molecule has 0 saturated carbocycles. The highest BCUT2D eigenvalue weighted by Gasteiger charge is 2.14. The lowest BCUT2D eigenvalue weighted by molar-refractivity contribution is 0.195. The average Bonchev–Trinajstić information content (AvgIpc) is 2.42. The maximum atomic E-state index is 13.6. The molecule has 0 fully saturated rings. The van der Waals surface area contributed by atoms with E-state index in [-0.39, 0.29) is 12.4 Å². The van der Waals surface area contributed by atoms with E-state index in [9.17, 15) is 9.50 Å². The molecule has 0 radical (unpaired) electrons. The lowest BCUT2D eigenvalue weighted by Gasteiger charge is -2.15. The fraction of sp³-hybridized carbons (Fsp3) is 0.250. The van der Waals surface area contributed by atoms with Crippen LogP contribution in [0, 0.1) is 12.7 Å². The molecule has 0 amide bonds. The van der Waals surface area contributed by atoms with Gasteiger partial charge in [0.1, 0.15) is 17.3 Å². The lowest BCUT2D eigenvalue weighted by atomic mass is 10.1. The lowest BCUT2D eigenvalue weighted by Crippen LogP contribution is -1.99. The van der Waals surface area contributed by atoms with E-state index in [0.717, 1.165) is 5.56 Å². The summed E-state index contributed by atoms with van der Waals surface area (Å²) in [7, 11) is 0. The molecule has 0 bridgehead atoms. The van der Waals surface area contributed by atoms with Crippen molar-refractivity contribution < 1.29 is 19.3 Å². The SMILES string of the molecule is Cc1cc(Oc2cccc(CO)c2)c([C@@H](C)O)cc1F. The molecule has 0 aliphatic heterocycles. The van der Waals surface area contributed by atoms with Crippen LogP contribution in [-0.2, 0) is 6.61 Å². The average molecular weight is 276 g/mol. The Kier molecular flexibility index (Phi) is 4.37. The fourth-order valence-electron chi connectivity index (χ4n) is 1.92. The topological polar surface area (TPSA) is 49.7 Å². The molecule has 0 unspecified atom stereocenters. The molecular formula is C16H17FO3. The molecule has 2 aromatic rings. The molecule has 0 aliphatic carbocycles. The summed E-state index contributed by atoms with van der Waals surface area (Å²) in [5.74, 6) is 0.566. The van der Waals surface area contributed by atoms with Crippen LogP contribution < -0.4 is 4.74 Å². The predicted molar refractivity (Wildman–Crippen MR) is 74.2 cm³/mol. The number of aryl methyl sites for hydroxylation is 1. The molecule has 0 spiro atoms. The van der Waals surface area contributed by atoms with E-state index in [1.54, 1.807) is 44.2 Å².